The molecule has 1 saturated heterocycles. The van der Waals surface area contributed by atoms with Crippen molar-refractivity contribution in [2.75, 3.05) is 26.7 Å². The Hall–Kier alpha value is -1.59. The molecule has 2 atom stereocenters. The highest BCUT2D eigenvalue weighted by molar-refractivity contribution is 5.80. The summed E-state index contributed by atoms with van der Waals surface area (Å²) in [6, 6.07) is 8.16. The number of benzene rings is 1. The molecule has 1 aromatic carbocycles. The molecule has 1 fully saturated rings. The van der Waals surface area contributed by atoms with Gasteiger partial charge in [0.25, 0.3) is 0 Å². The first-order valence-electron chi connectivity index (χ1n) is 8.40. The number of rotatable bonds is 8. The van der Waals surface area contributed by atoms with Gasteiger partial charge in [-0.05, 0) is 50.6 Å². The molecule has 0 aromatic heterocycles. The minimum atomic E-state index is -0.460. The molecule has 1 heterocycles. The number of likely N-dealkylation sites (tertiary alicyclic amines) is 1. The van der Waals surface area contributed by atoms with Crippen molar-refractivity contribution >= 4 is 5.91 Å². The summed E-state index contributed by atoms with van der Waals surface area (Å²) in [7, 11) is 1.64. The van der Waals surface area contributed by atoms with Crippen LogP contribution in [0.3, 0.4) is 0 Å². The van der Waals surface area contributed by atoms with Crippen LogP contribution in [0.15, 0.2) is 24.3 Å². The van der Waals surface area contributed by atoms with Crippen LogP contribution in [0.4, 0.5) is 0 Å². The van der Waals surface area contributed by atoms with E-state index in [4.69, 9.17) is 9.47 Å². The Morgan fingerprint density at radius 1 is 1.48 bits per heavy atom. The van der Waals surface area contributed by atoms with Gasteiger partial charge in [0.1, 0.15) is 11.9 Å². The van der Waals surface area contributed by atoms with Gasteiger partial charge in [0.05, 0.1) is 13.7 Å². The molecular formula is C18H28N2O3. The second kappa shape index (κ2) is 8.89. The van der Waals surface area contributed by atoms with E-state index >= 15 is 0 Å². The lowest BCUT2D eigenvalue weighted by Crippen LogP contribution is -2.43. The molecule has 2 rings (SSSR count). The molecule has 0 saturated carbocycles. The first-order valence-corrected chi connectivity index (χ1v) is 8.40. The molecule has 1 aliphatic rings. The van der Waals surface area contributed by atoms with Crippen molar-refractivity contribution in [3.8, 4) is 5.75 Å². The summed E-state index contributed by atoms with van der Waals surface area (Å²) in [5.74, 6) is 0.750. The maximum absolute atomic E-state index is 12.2. The molecule has 23 heavy (non-hydrogen) atoms. The van der Waals surface area contributed by atoms with Crippen molar-refractivity contribution in [3.63, 3.8) is 0 Å². The van der Waals surface area contributed by atoms with Crippen LogP contribution in [0.1, 0.15) is 32.3 Å². The summed E-state index contributed by atoms with van der Waals surface area (Å²) in [5.41, 5.74) is 0.997. The number of nitrogens with one attached hydrogen (secondary N) is 1. The van der Waals surface area contributed by atoms with Gasteiger partial charge in [-0.3, -0.25) is 9.69 Å². The van der Waals surface area contributed by atoms with E-state index in [9.17, 15) is 4.79 Å². The Labute approximate surface area is 139 Å². The molecule has 1 aliphatic heterocycles. The number of methoxy groups -OCH3 is 1. The third-order valence-electron chi connectivity index (χ3n) is 4.42. The standard InChI is InChI=1S/C18H28N2O3/c1-4-20-10-6-8-16(20)12-19-18(21)14(2)23-13-15-7-5-9-17(11-15)22-3/h5,7,9,11,14,16H,4,6,8,10,12-13H2,1-3H3,(H,19,21)/t14-,16+/m0/s1. The molecular weight excluding hydrogens is 292 g/mol. The molecule has 0 spiro atoms. The van der Waals surface area contributed by atoms with Gasteiger partial charge >= 0.3 is 0 Å². The lowest BCUT2D eigenvalue weighted by Gasteiger charge is -2.23. The van der Waals surface area contributed by atoms with Crippen molar-refractivity contribution in [3.05, 3.63) is 29.8 Å². The zero-order chi connectivity index (χ0) is 16.7. The summed E-state index contributed by atoms with van der Waals surface area (Å²) in [5, 5.41) is 3.02. The number of carbonyl (C=O) groups excluding carboxylic acids is 1. The van der Waals surface area contributed by atoms with E-state index in [1.807, 2.05) is 24.3 Å². The van der Waals surface area contributed by atoms with E-state index in [2.05, 4.69) is 17.1 Å². The molecule has 1 N–H and O–H groups in total. The van der Waals surface area contributed by atoms with Crippen LogP contribution < -0.4 is 10.1 Å². The maximum atomic E-state index is 12.2. The number of hydrogen-bond donors (Lipinski definition) is 1. The lowest BCUT2D eigenvalue weighted by molar-refractivity contribution is -0.132. The van der Waals surface area contributed by atoms with Crippen molar-refractivity contribution in [2.24, 2.45) is 0 Å². The molecule has 128 valence electrons. The van der Waals surface area contributed by atoms with Gasteiger partial charge in [-0.25, -0.2) is 0 Å². The van der Waals surface area contributed by atoms with Crippen molar-refractivity contribution in [2.45, 2.75) is 45.4 Å². The van der Waals surface area contributed by atoms with E-state index in [-0.39, 0.29) is 5.91 Å². The molecule has 1 amide bonds. The van der Waals surface area contributed by atoms with Crippen LogP contribution >= 0.6 is 0 Å². The van der Waals surface area contributed by atoms with Gasteiger partial charge in [-0.15, -0.1) is 0 Å². The van der Waals surface area contributed by atoms with Crippen molar-refractivity contribution in [1.29, 1.82) is 0 Å². The number of nitrogens with zero attached hydrogens (tertiary/aromatic N) is 1. The molecule has 0 aliphatic carbocycles. The third kappa shape index (κ3) is 5.22. The quantitative estimate of drug-likeness (QED) is 0.798. The lowest BCUT2D eigenvalue weighted by atomic mass is 10.2. The average Bonchev–Trinajstić information content (AvgIpc) is 3.05. The van der Waals surface area contributed by atoms with E-state index in [0.29, 0.717) is 19.2 Å². The largest absolute Gasteiger partial charge is 0.497 e. The minimum absolute atomic E-state index is 0.0455. The van der Waals surface area contributed by atoms with Crippen molar-refractivity contribution < 1.29 is 14.3 Å². The molecule has 0 bridgehead atoms. The van der Waals surface area contributed by atoms with Crippen molar-refractivity contribution in [1.82, 2.24) is 10.2 Å². The highest BCUT2D eigenvalue weighted by Gasteiger charge is 2.24. The Bertz CT molecular complexity index is 507. The first-order chi connectivity index (χ1) is 11.1. The second-order valence-electron chi connectivity index (χ2n) is 5.97. The van der Waals surface area contributed by atoms with Crippen LogP contribution in [0.2, 0.25) is 0 Å². The van der Waals surface area contributed by atoms with E-state index in [0.717, 1.165) is 30.8 Å². The molecule has 5 nitrogen and oxygen atoms in total. The molecule has 5 heteroatoms. The summed E-state index contributed by atoms with van der Waals surface area (Å²) >= 11 is 0. The van der Waals surface area contributed by atoms with Gasteiger partial charge in [-0.2, -0.15) is 0 Å². The molecule has 0 unspecified atom stereocenters. The van der Waals surface area contributed by atoms with E-state index in [1.54, 1.807) is 14.0 Å². The third-order valence-corrected chi connectivity index (χ3v) is 4.42. The summed E-state index contributed by atoms with van der Waals surface area (Å²) in [6.45, 7) is 7.25. The Kier molecular flexibility index (Phi) is 6.86. The minimum Gasteiger partial charge on any atom is -0.497 e. The average molecular weight is 320 g/mol. The summed E-state index contributed by atoms with van der Waals surface area (Å²) in [6.07, 6.45) is 1.92. The number of likely N-dealkylation sites (N-methyl/N-ethyl adjacent to an activating group) is 1. The van der Waals surface area contributed by atoms with Crippen LogP contribution in [0.5, 0.6) is 5.75 Å². The molecule has 1 aromatic rings. The van der Waals surface area contributed by atoms with Gasteiger partial charge in [0, 0.05) is 12.6 Å². The van der Waals surface area contributed by atoms with Gasteiger partial charge in [0.2, 0.25) is 5.91 Å². The van der Waals surface area contributed by atoms with Crippen LogP contribution in [0, 0.1) is 0 Å². The van der Waals surface area contributed by atoms with Crippen LogP contribution in [0.25, 0.3) is 0 Å². The van der Waals surface area contributed by atoms with Gasteiger partial charge < -0.3 is 14.8 Å². The SMILES string of the molecule is CCN1CCC[C@@H]1CNC(=O)[C@H](C)OCc1cccc(OC)c1. The number of amides is 1. The first kappa shape index (κ1) is 17.8. The zero-order valence-corrected chi connectivity index (χ0v) is 14.4. The Balaban J connectivity index is 1.74. The highest BCUT2D eigenvalue weighted by atomic mass is 16.5. The summed E-state index contributed by atoms with van der Waals surface area (Å²) in [4.78, 5) is 14.6. The topological polar surface area (TPSA) is 50.8 Å². The number of carbonyl (C=O) groups is 1. The molecule has 0 radical (unpaired) electrons. The number of hydrogen-bond acceptors (Lipinski definition) is 4. The number of ether oxygens (including phenoxy) is 2. The predicted molar refractivity (Wildman–Crippen MR) is 90.5 cm³/mol. The van der Waals surface area contributed by atoms with Crippen LogP contribution in [-0.2, 0) is 16.1 Å². The smallest absolute Gasteiger partial charge is 0.248 e. The normalized spacial score (nSPS) is 19.5. The second-order valence-corrected chi connectivity index (χ2v) is 5.97. The fourth-order valence-electron chi connectivity index (χ4n) is 2.96. The fraction of sp³-hybridized carbons (Fsp3) is 0.611. The van der Waals surface area contributed by atoms with E-state index < -0.39 is 6.10 Å². The maximum Gasteiger partial charge on any atom is 0.248 e. The van der Waals surface area contributed by atoms with Crippen LogP contribution in [-0.4, -0.2) is 49.7 Å². The van der Waals surface area contributed by atoms with Gasteiger partial charge in [-0.1, -0.05) is 19.1 Å². The van der Waals surface area contributed by atoms with Gasteiger partial charge in [0.15, 0.2) is 0 Å². The fourth-order valence-corrected chi connectivity index (χ4v) is 2.96. The highest BCUT2D eigenvalue weighted by Crippen LogP contribution is 2.16. The van der Waals surface area contributed by atoms with E-state index in [1.165, 1.54) is 6.42 Å². The predicted octanol–water partition coefficient (Wildman–Crippen LogP) is 2.20. The summed E-state index contributed by atoms with van der Waals surface area (Å²) < 4.78 is 10.9. The Morgan fingerprint density at radius 2 is 2.30 bits per heavy atom. The zero-order valence-electron chi connectivity index (χ0n) is 14.4. The monoisotopic (exact) mass is 320 g/mol. The Morgan fingerprint density at radius 3 is 3.04 bits per heavy atom.